The van der Waals surface area contributed by atoms with Gasteiger partial charge in [-0.3, -0.25) is 0 Å². The Balaban J connectivity index is 1.27. The Kier molecular flexibility index (Phi) is 10.6. The molecule has 7 nitrogen and oxygen atoms in total. The van der Waals surface area contributed by atoms with Crippen molar-refractivity contribution in [1.29, 1.82) is 0 Å². The first-order chi connectivity index (χ1) is 26.6. The summed E-state index contributed by atoms with van der Waals surface area (Å²) < 4.78 is 4.21. The first-order valence-electron chi connectivity index (χ1n) is 18.8. The molecule has 1 atom stereocenters. The topological polar surface area (TPSA) is 84.1 Å². The van der Waals surface area contributed by atoms with Gasteiger partial charge in [0.15, 0.2) is 5.71 Å². The molecular weight excluding hydrogens is 830 g/mol. The lowest BCUT2D eigenvalue weighted by Gasteiger charge is -2.31. The van der Waals surface area contributed by atoms with Crippen molar-refractivity contribution in [3.63, 3.8) is 0 Å². The largest absolute Gasteiger partial charge is 0.478 e. The van der Waals surface area contributed by atoms with Gasteiger partial charge < -0.3 is 20.0 Å². The number of anilines is 3. The fourth-order valence-corrected chi connectivity index (χ4v) is 9.26. The number of carboxylic acid groups (broad SMARTS) is 2. The highest BCUT2D eigenvalue weighted by Crippen LogP contribution is 2.48. The zero-order valence-corrected chi connectivity index (χ0v) is 35.6. The molecule has 0 saturated heterocycles. The van der Waals surface area contributed by atoms with E-state index < -0.39 is 11.9 Å². The molecule has 2 aliphatic heterocycles. The van der Waals surface area contributed by atoms with Crippen LogP contribution in [0.2, 0.25) is 0 Å². The van der Waals surface area contributed by atoms with Crippen molar-refractivity contribution in [2.75, 3.05) is 23.9 Å². The van der Waals surface area contributed by atoms with Crippen LogP contribution in [0.4, 0.5) is 22.7 Å². The summed E-state index contributed by atoms with van der Waals surface area (Å²) in [5.74, 6) is -1.63. The Morgan fingerprint density at radius 2 is 1.39 bits per heavy atom. The molecule has 0 saturated carbocycles. The van der Waals surface area contributed by atoms with E-state index in [1.807, 2.05) is 25.2 Å². The van der Waals surface area contributed by atoms with Crippen molar-refractivity contribution >= 4 is 72.3 Å². The lowest BCUT2D eigenvalue weighted by molar-refractivity contribution is -0.401. The highest BCUT2D eigenvalue weighted by Gasteiger charge is 2.43. The van der Waals surface area contributed by atoms with Crippen molar-refractivity contribution in [1.82, 2.24) is 0 Å². The van der Waals surface area contributed by atoms with E-state index in [9.17, 15) is 19.8 Å². The Morgan fingerprint density at radius 3 is 1.98 bits per heavy atom. The molecule has 0 spiro atoms. The van der Waals surface area contributed by atoms with Crippen molar-refractivity contribution < 1.29 is 24.4 Å². The Hall–Kier alpha value is -4.99. The number of likely N-dealkylation sites (N-methyl/N-ethyl adjacent to an activating group) is 1. The molecule has 286 valence electrons. The molecular formula is C47H46Br2N3O4+. The van der Waals surface area contributed by atoms with Crippen LogP contribution in [-0.4, -0.2) is 46.5 Å². The molecule has 1 unspecified atom stereocenters. The van der Waals surface area contributed by atoms with Crippen molar-refractivity contribution in [3.05, 3.63) is 163 Å². The van der Waals surface area contributed by atoms with Gasteiger partial charge in [0, 0.05) is 73.5 Å². The summed E-state index contributed by atoms with van der Waals surface area (Å²) in [5.41, 5.74) is 10.8. The minimum absolute atomic E-state index is 0.214. The summed E-state index contributed by atoms with van der Waals surface area (Å²) in [4.78, 5) is 28.2. The van der Waals surface area contributed by atoms with Gasteiger partial charge in [-0.05, 0) is 129 Å². The number of carbonyl (C=O) groups is 2. The second-order valence-corrected chi connectivity index (χ2v) is 17.6. The second-order valence-electron chi connectivity index (χ2n) is 15.8. The maximum absolute atomic E-state index is 11.8. The van der Waals surface area contributed by atoms with Gasteiger partial charge in [0.2, 0.25) is 5.69 Å². The number of halogens is 2. The van der Waals surface area contributed by atoms with Crippen LogP contribution in [-0.2, 0) is 10.8 Å². The molecule has 0 radical (unpaired) electrons. The van der Waals surface area contributed by atoms with Crippen LogP contribution >= 0.6 is 31.9 Å². The van der Waals surface area contributed by atoms with Gasteiger partial charge in [0.1, 0.15) is 7.05 Å². The minimum atomic E-state index is -0.924. The second kappa shape index (κ2) is 15.2. The van der Waals surface area contributed by atoms with E-state index in [4.69, 9.17) is 0 Å². The quantitative estimate of drug-likeness (QED) is 0.154. The number of nitrogens with zero attached hydrogens (tertiary/aromatic N) is 3. The molecule has 1 aliphatic carbocycles. The van der Waals surface area contributed by atoms with E-state index in [2.05, 4.69) is 160 Å². The van der Waals surface area contributed by atoms with E-state index in [1.165, 1.54) is 11.3 Å². The molecule has 0 bridgehead atoms. The predicted octanol–water partition coefficient (Wildman–Crippen LogP) is 11.9. The number of aromatic carboxylic acids is 2. The fourth-order valence-electron chi connectivity index (χ4n) is 8.73. The molecule has 0 aromatic heterocycles. The molecule has 4 aromatic rings. The number of hydrogen-bond acceptors (Lipinski definition) is 4. The normalized spacial score (nSPS) is 19.1. The first-order valence-corrected chi connectivity index (χ1v) is 20.4. The first kappa shape index (κ1) is 39.3. The van der Waals surface area contributed by atoms with Gasteiger partial charge in [-0.1, -0.05) is 63.9 Å². The smallest absolute Gasteiger partial charge is 0.335 e. The van der Waals surface area contributed by atoms with Crippen LogP contribution in [0, 0.1) is 5.92 Å². The van der Waals surface area contributed by atoms with Crippen molar-refractivity contribution in [2.45, 2.75) is 57.8 Å². The SMILES string of the molecule is CN1/C(=C\C=C\C2=C(N(c3ccc(Br)cc3)c3ccc(Br)cc3)C(C/C=C/C3=[N+](C)c4ccc(C(=O)O)cc4C3(C)C)CC2)C(C)(C)c2cc(C(=O)O)ccc21. The Morgan fingerprint density at radius 1 is 0.821 bits per heavy atom. The number of allylic oxidation sites excluding steroid dienone is 8. The van der Waals surface area contributed by atoms with Crippen LogP contribution in [0.25, 0.3) is 0 Å². The summed E-state index contributed by atoms with van der Waals surface area (Å²) in [7, 11) is 4.10. The third-order valence-electron chi connectivity index (χ3n) is 11.7. The van der Waals surface area contributed by atoms with Gasteiger partial charge in [-0.15, -0.1) is 0 Å². The number of fused-ring (bicyclic) bond motifs is 2. The average molecular weight is 877 g/mol. The Labute approximate surface area is 345 Å². The van der Waals surface area contributed by atoms with Crippen LogP contribution in [0.15, 0.2) is 141 Å². The molecule has 4 aromatic carbocycles. The lowest BCUT2D eigenvalue weighted by atomic mass is 9.80. The standard InChI is InChI=1S/C47H45Br2N3O4/c1-46(2)37-27-31(44(53)54)15-25-39(37)50(5)41(46)11-7-9-29-13-14-30(43(29)52(35-21-17-33(48)18-22-35)36-23-19-34(49)20-24-36)10-8-12-42-47(3,4)38-28-32(45(55)56)16-26-40(38)51(42)6/h7-9,11-12,15-28,30H,10,13-14H2,1-6H3,(H-,53,54,55,56)/p+1/b9-7+,12-8+,41-11-. The molecule has 2 N–H and O–H groups in total. The number of hydrogen-bond donors (Lipinski definition) is 2. The summed E-state index contributed by atoms with van der Waals surface area (Å²) in [6.45, 7) is 8.62. The number of benzene rings is 4. The number of carboxylic acids is 2. The van der Waals surface area contributed by atoms with Gasteiger partial charge in [0.25, 0.3) is 0 Å². The van der Waals surface area contributed by atoms with E-state index >= 15 is 0 Å². The zero-order chi connectivity index (χ0) is 40.1. The molecule has 2 heterocycles. The van der Waals surface area contributed by atoms with Gasteiger partial charge in [-0.25, -0.2) is 9.59 Å². The van der Waals surface area contributed by atoms with Crippen LogP contribution in [0.1, 0.15) is 78.8 Å². The van der Waals surface area contributed by atoms with E-state index in [1.54, 1.807) is 18.2 Å². The van der Waals surface area contributed by atoms with Gasteiger partial charge in [-0.2, -0.15) is 4.58 Å². The number of rotatable bonds is 10. The summed E-state index contributed by atoms with van der Waals surface area (Å²) in [5, 5.41) is 19.4. The van der Waals surface area contributed by atoms with Crippen molar-refractivity contribution in [2.24, 2.45) is 5.92 Å². The minimum Gasteiger partial charge on any atom is -0.478 e. The molecule has 9 heteroatoms. The van der Waals surface area contributed by atoms with Crippen LogP contribution < -0.4 is 9.80 Å². The van der Waals surface area contributed by atoms with Gasteiger partial charge >= 0.3 is 11.9 Å². The molecule has 0 amide bonds. The van der Waals surface area contributed by atoms with E-state index in [-0.39, 0.29) is 16.7 Å². The van der Waals surface area contributed by atoms with Gasteiger partial charge in [0.05, 0.1) is 16.5 Å². The average Bonchev–Trinajstić information content (AvgIpc) is 3.71. The fraction of sp³-hybridized carbons (Fsp3) is 0.255. The third-order valence-corrected chi connectivity index (χ3v) is 12.8. The third kappa shape index (κ3) is 7.11. The van der Waals surface area contributed by atoms with Crippen LogP contribution in [0.3, 0.4) is 0 Å². The van der Waals surface area contributed by atoms with E-state index in [0.29, 0.717) is 11.1 Å². The molecule has 0 fully saturated rings. The maximum atomic E-state index is 11.8. The highest BCUT2D eigenvalue weighted by atomic mass is 79.9. The molecule has 56 heavy (non-hydrogen) atoms. The van der Waals surface area contributed by atoms with Crippen molar-refractivity contribution in [3.8, 4) is 0 Å². The summed E-state index contributed by atoms with van der Waals surface area (Å²) in [6, 6.07) is 27.7. The lowest BCUT2D eigenvalue weighted by Crippen LogP contribution is -2.27. The Bertz CT molecular complexity index is 2360. The maximum Gasteiger partial charge on any atom is 0.335 e. The summed E-state index contributed by atoms with van der Waals surface area (Å²) >= 11 is 7.28. The predicted molar refractivity (Wildman–Crippen MR) is 233 cm³/mol. The molecule has 7 rings (SSSR count). The summed E-state index contributed by atoms with van der Waals surface area (Å²) in [6.07, 6.45) is 13.8. The highest BCUT2D eigenvalue weighted by molar-refractivity contribution is 9.10. The zero-order valence-electron chi connectivity index (χ0n) is 32.5. The molecule has 3 aliphatic rings. The monoisotopic (exact) mass is 874 g/mol. The van der Waals surface area contributed by atoms with Crippen LogP contribution in [0.5, 0.6) is 0 Å². The van der Waals surface area contributed by atoms with E-state index in [0.717, 1.165) is 73.5 Å².